The van der Waals surface area contributed by atoms with Gasteiger partial charge in [-0.05, 0) is 78.0 Å². The van der Waals surface area contributed by atoms with Gasteiger partial charge in [-0.25, -0.2) is 0 Å². The Bertz CT molecular complexity index is 3180. The molecule has 344 valence electrons. The number of benzene rings is 6. The maximum Gasteiger partial charge on any atom is 0.425 e. The van der Waals surface area contributed by atoms with Gasteiger partial charge in [-0.1, -0.05) is 48.6 Å². The van der Waals surface area contributed by atoms with Crippen LogP contribution in [-0.2, 0) is 41.9 Å². The summed E-state index contributed by atoms with van der Waals surface area (Å²) >= 11 is 0. The van der Waals surface area contributed by atoms with Crippen LogP contribution >= 0.6 is 0 Å². The second-order valence-electron chi connectivity index (χ2n) is 12.2. The molecule has 0 fully saturated rings. The van der Waals surface area contributed by atoms with Crippen LogP contribution in [0.2, 0.25) is 0 Å². The zero-order valence-corrected chi connectivity index (χ0v) is 37.0. The Morgan fingerprint density at radius 3 is 1.83 bits per heavy atom. The van der Waals surface area contributed by atoms with E-state index >= 15 is 0 Å². The maximum atomic E-state index is 11.8. The van der Waals surface area contributed by atoms with Crippen LogP contribution in [0.25, 0.3) is 22.9 Å². The zero-order valence-electron chi connectivity index (χ0n) is 33.7. The first-order chi connectivity index (χ1) is 31.2. The Kier molecular flexibility index (Phi) is 20.0. The number of nitrogens with one attached hydrogen (secondary N) is 1. The smallest absolute Gasteiger partial charge is 0.425 e. The third kappa shape index (κ3) is 17.2. The third-order valence-electron chi connectivity index (χ3n) is 7.97. The molecular weight excluding hydrogens is 953 g/mol. The van der Waals surface area contributed by atoms with Gasteiger partial charge in [0.15, 0.2) is 5.75 Å². The molecule has 0 aliphatic heterocycles. The number of azo groups is 2. The minimum atomic E-state index is -4.71. The fourth-order valence-electron chi connectivity index (χ4n) is 5.33. The molecule has 27 heteroatoms. The summed E-state index contributed by atoms with van der Waals surface area (Å²) in [5, 5.41) is 44.3. The summed E-state index contributed by atoms with van der Waals surface area (Å²) in [6.07, 6.45) is 3.00. The fourth-order valence-corrected chi connectivity index (χ4v) is 6.04. The van der Waals surface area contributed by atoms with E-state index in [0.717, 1.165) is 28.9 Å². The number of hydrogen-bond acceptors (Lipinski definition) is 21. The number of phenols is 1. The van der Waals surface area contributed by atoms with Gasteiger partial charge >= 0.3 is 31.8 Å². The number of fused-ring (bicyclic) bond motifs is 1. The van der Waals surface area contributed by atoms with Crippen molar-refractivity contribution in [3.63, 3.8) is 0 Å². The van der Waals surface area contributed by atoms with Crippen LogP contribution in [0.1, 0.15) is 18.1 Å². The second kappa shape index (κ2) is 25.3. The molecule has 23 nitrogen and oxygen atoms in total. The first-order valence-corrected chi connectivity index (χ1v) is 22.3. The highest BCUT2D eigenvalue weighted by Gasteiger charge is 2.19. The zero-order chi connectivity index (χ0) is 49.0. The molecule has 0 spiro atoms. The minimum absolute atomic E-state index is 0.0207. The van der Waals surface area contributed by atoms with Gasteiger partial charge in [-0.15, -0.1) is 53.2 Å². The van der Waals surface area contributed by atoms with E-state index in [1.165, 1.54) is 19.3 Å². The van der Waals surface area contributed by atoms with Crippen molar-refractivity contribution < 1.29 is 70.4 Å². The van der Waals surface area contributed by atoms with Crippen LogP contribution in [0.3, 0.4) is 0 Å². The maximum absolute atomic E-state index is 11.8. The van der Waals surface area contributed by atoms with Crippen LogP contribution in [0, 0.1) is 10.1 Å². The van der Waals surface area contributed by atoms with E-state index in [4.69, 9.17) is 47.4 Å². The number of aromatic hydroxyl groups is 1. The average Bonchev–Trinajstić information content (AvgIpc) is 3.25. The third-order valence-corrected chi connectivity index (χ3v) is 8.88. The van der Waals surface area contributed by atoms with Gasteiger partial charge in [-0.3, -0.25) is 14.7 Å². The topological polar surface area (TPSA) is 351 Å². The van der Waals surface area contributed by atoms with Gasteiger partial charge in [0.05, 0.1) is 24.3 Å². The molecular formula is C39H32N6O17S4. The highest BCUT2D eigenvalue weighted by Crippen LogP contribution is 2.43. The van der Waals surface area contributed by atoms with Crippen molar-refractivity contribution >= 4 is 105 Å². The molecule has 3 N–H and O–H groups in total. The Morgan fingerprint density at radius 2 is 1.26 bits per heavy atom. The molecule has 0 saturated carbocycles. The molecule has 0 radical (unpaired) electrons. The lowest BCUT2D eigenvalue weighted by molar-refractivity contribution is -0.385. The van der Waals surface area contributed by atoms with E-state index in [2.05, 4.69) is 25.8 Å². The average molecular weight is 985 g/mol. The summed E-state index contributed by atoms with van der Waals surface area (Å²) in [5.74, 6) is 0.686. The van der Waals surface area contributed by atoms with Crippen molar-refractivity contribution in [3.8, 4) is 17.2 Å². The number of nitrogens with zero attached hydrogens (tertiary/aromatic N) is 5. The van der Waals surface area contributed by atoms with Crippen molar-refractivity contribution in [2.75, 3.05) is 19.0 Å². The van der Waals surface area contributed by atoms with Crippen molar-refractivity contribution in [3.05, 3.63) is 137 Å². The predicted molar refractivity (Wildman–Crippen MR) is 235 cm³/mol. The molecule has 0 bridgehead atoms. The number of methoxy groups -OCH3 is 1. The first-order valence-electron chi connectivity index (χ1n) is 17.8. The van der Waals surface area contributed by atoms with Crippen molar-refractivity contribution in [1.29, 1.82) is 0 Å². The van der Waals surface area contributed by atoms with E-state index in [-0.39, 0.29) is 17.0 Å². The van der Waals surface area contributed by atoms with Crippen molar-refractivity contribution in [2.24, 2.45) is 20.5 Å². The van der Waals surface area contributed by atoms with Gasteiger partial charge in [0.1, 0.15) is 33.5 Å². The number of para-hydroxylation sites is 1. The quantitative estimate of drug-likeness (QED) is 0.0326. The highest BCUT2D eigenvalue weighted by molar-refractivity contribution is 7.86. The van der Waals surface area contributed by atoms with Crippen LogP contribution in [0.15, 0.2) is 141 Å². The number of nitro groups is 1. The molecule has 6 aromatic rings. The van der Waals surface area contributed by atoms with E-state index in [1.54, 1.807) is 48.5 Å². The van der Waals surface area contributed by atoms with Gasteiger partial charge < -0.3 is 19.9 Å². The van der Waals surface area contributed by atoms with Crippen molar-refractivity contribution in [2.45, 2.75) is 11.8 Å². The van der Waals surface area contributed by atoms with Gasteiger partial charge in [0, 0.05) is 41.0 Å². The summed E-state index contributed by atoms with van der Waals surface area (Å²) in [6.45, 7) is 2.15. The minimum Gasteiger partial charge on any atom is -0.505 e. The van der Waals surface area contributed by atoms with Crippen LogP contribution in [-0.4, -0.2) is 74.6 Å². The molecule has 0 unspecified atom stereocenters. The molecule has 0 aromatic heterocycles. The molecule has 6 aromatic carbocycles. The van der Waals surface area contributed by atoms with Crippen molar-refractivity contribution in [1.82, 2.24) is 0 Å². The predicted octanol–water partition coefficient (Wildman–Crippen LogP) is 7.84. The number of phenolic OH excluding ortho intramolecular Hbond substituents is 1. The summed E-state index contributed by atoms with van der Waals surface area (Å²) < 4.78 is 121. The molecule has 0 aliphatic carbocycles. The largest absolute Gasteiger partial charge is 0.505 e. The first kappa shape index (κ1) is 52.2. The Hall–Kier alpha value is -8.11. The van der Waals surface area contributed by atoms with E-state index in [1.807, 2.05) is 61.5 Å². The lowest BCUT2D eigenvalue weighted by Gasteiger charge is -2.11. The standard InChI is InChI=1S/C39H32N6O8S.3O3S/c1-3-53-37-24-34(44-42-33-20-14-27-21-30(17-19-32(27)39(33)46)40-28-7-5-4-6-8-28)36(52-2)23-35(37)43-41-29-15-10-25(11-16-29)9-12-26-13-18-31(45(47)48)22-38(26)54(49,50)51;3*1-4(2)3/h4-24,40,46H,3H2,1-2H3,(H,49,50,51);;;. The van der Waals surface area contributed by atoms with Crippen LogP contribution < -0.4 is 14.8 Å². The fraction of sp³-hybridized carbons (Fsp3) is 0.0769. The molecule has 66 heavy (non-hydrogen) atoms. The second-order valence-corrected chi connectivity index (χ2v) is 14.8. The van der Waals surface area contributed by atoms with Gasteiger partial charge in [0.2, 0.25) is 0 Å². The molecule has 0 aliphatic rings. The van der Waals surface area contributed by atoms with E-state index in [9.17, 15) is 28.2 Å². The number of hydrogen-bond donors (Lipinski definition) is 3. The van der Waals surface area contributed by atoms with E-state index < -0.39 is 57.5 Å². The Labute approximate surface area is 378 Å². The number of non-ortho nitro benzene ring substituents is 1. The molecule has 6 rings (SSSR count). The SMILES string of the molecule is CCOc1cc(N=Nc2ccc3cc(Nc4ccccc4)ccc3c2O)c(OC)cc1N=Nc1ccc(C=Cc2ccc([N+](=O)[O-])cc2S(=O)(=O)O)cc1.O=S(=O)=O.O=S(=O)=O.O=S(=O)=O. The Morgan fingerprint density at radius 1 is 0.682 bits per heavy atom. The lowest BCUT2D eigenvalue weighted by atomic mass is 10.1. The monoisotopic (exact) mass is 984 g/mol. The molecule has 0 atom stereocenters. The lowest BCUT2D eigenvalue weighted by Crippen LogP contribution is -2.02. The van der Waals surface area contributed by atoms with Gasteiger partial charge in [0.25, 0.3) is 15.8 Å². The highest BCUT2D eigenvalue weighted by atomic mass is 32.2. The molecule has 0 amide bonds. The number of nitro benzene ring substituents is 1. The summed E-state index contributed by atoms with van der Waals surface area (Å²) in [7, 11) is -12.6. The van der Waals surface area contributed by atoms with Crippen LogP contribution in [0.5, 0.6) is 17.2 Å². The van der Waals surface area contributed by atoms with E-state index in [0.29, 0.717) is 46.1 Å². The normalized spacial score (nSPS) is 10.8. The number of anilines is 2. The Balaban J connectivity index is 0.000000861. The molecule has 0 heterocycles. The summed E-state index contributed by atoms with van der Waals surface area (Å²) in [4.78, 5) is 9.74. The summed E-state index contributed by atoms with van der Waals surface area (Å²) in [6, 6.07) is 32.1. The molecule has 0 saturated heterocycles. The number of rotatable bonds is 13. The summed E-state index contributed by atoms with van der Waals surface area (Å²) in [5.41, 5.74) is 3.54. The number of ether oxygens (including phenoxy) is 2. The van der Waals surface area contributed by atoms with Gasteiger partial charge in [-0.2, -0.15) is 13.5 Å². The van der Waals surface area contributed by atoms with Crippen LogP contribution in [0.4, 0.5) is 39.8 Å².